The SMILES string of the molecule is Cc1cccc(/C=N\NC(=O)CSc2cccc3cccnc23)c1. The predicted molar refractivity (Wildman–Crippen MR) is 99.4 cm³/mol. The molecule has 3 aromatic rings. The normalized spacial score (nSPS) is 11.0. The van der Waals surface area contributed by atoms with E-state index in [0.29, 0.717) is 5.75 Å². The van der Waals surface area contributed by atoms with Crippen molar-refractivity contribution >= 4 is 34.8 Å². The molecule has 2 aromatic carbocycles. The van der Waals surface area contributed by atoms with Gasteiger partial charge in [-0.25, -0.2) is 5.43 Å². The van der Waals surface area contributed by atoms with Gasteiger partial charge in [-0.05, 0) is 24.6 Å². The first kappa shape index (κ1) is 16.2. The minimum atomic E-state index is -0.142. The largest absolute Gasteiger partial charge is 0.272 e. The lowest BCUT2D eigenvalue weighted by Gasteiger charge is -2.04. The molecule has 5 heteroatoms. The topological polar surface area (TPSA) is 54.4 Å². The molecule has 1 heterocycles. The van der Waals surface area contributed by atoms with Gasteiger partial charge in [0.25, 0.3) is 0 Å². The third kappa shape index (κ3) is 4.20. The van der Waals surface area contributed by atoms with Crippen LogP contribution in [0.4, 0.5) is 0 Å². The average Bonchev–Trinajstić information content (AvgIpc) is 2.60. The summed E-state index contributed by atoms with van der Waals surface area (Å²) in [5, 5.41) is 5.07. The van der Waals surface area contributed by atoms with E-state index in [9.17, 15) is 4.79 Å². The quantitative estimate of drug-likeness (QED) is 0.438. The third-order valence-corrected chi connectivity index (χ3v) is 4.45. The minimum absolute atomic E-state index is 0.142. The maximum atomic E-state index is 11.9. The Balaban J connectivity index is 1.57. The number of benzene rings is 2. The van der Waals surface area contributed by atoms with Crippen LogP contribution in [0.25, 0.3) is 10.9 Å². The van der Waals surface area contributed by atoms with Gasteiger partial charge in [-0.1, -0.05) is 48.0 Å². The molecule has 24 heavy (non-hydrogen) atoms. The van der Waals surface area contributed by atoms with Gasteiger partial charge in [-0.3, -0.25) is 9.78 Å². The monoisotopic (exact) mass is 335 g/mol. The zero-order chi connectivity index (χ0) is 16.8. The second kappa shape index (κ2) is 7.75. The molecule has 120 valence electrons. The smallest absolute Gasteiger partial charge is 0.250 e. The van der Waals surface area contributed by atoms with Crippen LogP contribution in [0.15, 0.2) is 70.8 Å². The van der Waals surface area contributed by atoms with E-state index in [1.807, 2.05) is 61.5 Å². The molecule has 4 nitrogen and oxygen atoms in total. The zero-order valence-corrected chi connectivity index (χ0v) is 14.1. The standard InChI is InChI=1S/C19H17N3OS/c1-14-5-2-6-15(11-14)12-21-22-18(23)13-24-17-9-3-7-16-8-4-10-20-19(16)17/h2-12H,13H2,1H3,(H,22,23)/b21-12-. The molecule has 0 aliphatic carbocycles. The Morgan fingerprint density at radius 3 is 2.92 bits per heavy atom. The molecule has 0 aliphatic heterocycles. The van der Waals surface area contributed by atoms with Crippen LogP contribution in [-0.2, 0) is 4.79 Å². The van der Waals surface area contributed by atoms with Gasteiger partial charge < -0.3 is 0 Å². The van der Waals surface area contributed by atoms with Crippen LogP contribution >= 0.6 is 11.8 Å². The fourth-order valence-electron chi connectivity index (χ4n) is 2.30. The van der Waals surface area contributed by atoms with Gasteiger partial charge >= 0.3 is 0 Å². The number of hydrazone groups is 1. The van der Waals surface area contributed by atoms with Gasteiger partial charge in [0.15, 0.2) is 0 Å². The Bertz CT molecular complexity index is 887. The Labute approximate surface area is 145 Å². The number of nitrogens with zero attached hydrogens (tertiary/aromatic N) is 2. The van der Waals surface area contributed by atoms with E-state index in [1.165, 1.54) is 11.8 Å². The molecule has 0 radical (unpaired) electrons. The van der Waals surface area contributed by atoms with Crippen LogP contribution in [0.3, 0.4) is 0 Å². The van der Waals surface area contributed by atoms with Crippen LogP contribution in [0.2, 0.25) is 0 Å². The number of para-hydroxylation sites is 1. The van der Waals surface area contributed by atoms with Crippen LogP contribution in [0, 0.1) is 6.92 Å². The van der Waals surface area contributed by atoms with E-state index >= 15 is 0 Å². The van der Waals surface area contributed by atoms with Crippen molar-refractivity contribution in [2.75, 3.05) is 5.75 Å². The maximum Gasteiger partial charge on any atom is 0.250 e. The second-order valence-corrected chi connectivity index (χ2v) is 6.34. The molecule has 0 spiro atoms. The third-order valence-electron chi connectivity index (χ3n) is 3.40. The molecule has 0 aliphatic rings. The van der Waals surface area contributed by atoms with Gasteiger partial charge in [0.1, 0.15) is 0 Å². The van der Waals surface area contributed by atoms with E-state index in [-0.39, 0.29) is 5.91 Å². The number of aryl methyl sites for hydroxylation is 1. The number of nitrogens with one attached hydrogen (secondary N) is 1. The second-order valence-electron chi connectivity index (χ2n) is 5.33. The molecule has 0 bridgehead atoms. The van der Waals surface area contributed by atoms with Gasteiger partial charge in [-0.2, -0.15) is 5.10 Å². The summed E-state index contributed by atoms with van der Waals surface area (Å²) >= 11 is 1.46. The lowest BCUT2D eigenvalue weighted by molar-refractivity contribution is -0.118. The average molecular weight is 335 g/mol. The molecular weight excluding hydrogens is 318 g/mol. The fraction of sp³-hybridized carbons (Fsp3) is 0.105. The van der Waals surface area contributed by atoms with Crippen molar-refractivity contribution in [3.63, 3.8) is 0 Å². The van der Waals surface area contributed by atoms with Gasteiger partial charge in [0, 0.05) is 16.5 Å². The molecule has 0 saturated carbocycles. The van der Waals surface area contributed by atoms with E-state index in [0.717, 1.165) is 26.9 Å². The molecule has 1 N–H and O–H groups in total. The van der Waals surface area contributed by atoms with Gasteiger partial charge in [0.2, 0.25) is 5.91 Å². The van der Waals surface area contributed by atoms with Crippen molar-refractivity contribution in [3.8, 4) is 0 Å². The van der Waals surface area contributed by atoms with Crippen LogP contribution in [0.1, 0.15) is 11.1 Å². The number of hydrogen-bond donors (Lipinski definition) is 1. The Morgan fingerprint density at radius 1 is 1.21 bits per heavy atom. The maximum absolute atomic E-state index is 11.9. The van der Waals surface area contributed by atoms with Crippen LogP contribution < -0.4 is 5.43 Å². The highest BCUT2D eigenvalue weighted by Gasteiger charge is 2.05. The zero-order valence-electron chi connectivity index (χ0n) is 13.3. The first-order valence-electron chi connectivity index (χ1n) is 7.57. The highest BCUT2D eigenvalue weighted by Crippen LogP contribution is 2.25. The highest BCUT2D eigenvalue weighted by atomic mass is 32.2. The molecule has 0 unspecified atom stereocenters. The number of carbonyl (C=O) groups excluding carboxylic acids is 1. The summed E-state index contributed by atoms with van der Waals surface area (Å²) in [6.45, 7) is 2.02. The van der Waals surface area contributed by atoms with Gasteiger partial charge in [0.05, 0.1) is 17.5 Å². The Kier molecular flexibility index (Phi) is 5.23. The number of amides is 1. The van der Waals surface area contributed by atoms with Crippen molar-refractivity contribution in [2.45, 2.75) is 11.8 Å². The lowest BCUT2D eigenvalue weighted by atomic mass is 10.2. The first-order chi connectivity index (χ1) is 11.7. The van der Waals surface area contributed by atoms with E-state index < -0.39 is 0 Å². The lowest BCUT2D eigenvalue weighted by Crippen LogP contribution is -2.19. The molecule has 1 aromatic heterocycles. The minimum Gasteiger partial charge on any atom is -0.272 e. The van der Waals surface area contributed by atoms with Crippen LogP contribution in [0.5, 0.6) is 0 Å². The van der Waals surface area contributed by atoms with Crippen molar-refractivity contribution in [1.82, 2.24) is 10.4 Å². The number of carbonyl (C=O) groups is 1. The number of fused-ring (bicyclic) bond motifs is 1. The number of pyridine rings is 1. The molecule has 0 atom stereocenters. The van der Waals surface area contributed by atoms with Crippen molar-refractivity contribution in [3.05, 3.63) is 71.9 Å². The number of rotatable bonds is 5. The number of thioether (sulfide) groups is 1. The summed E-state index contributed by atoms with van der Waals surface area (Å²) in [4.78, 5) is 17.3. The Morgan fingerprint density at radius 2 is 2.04 bits per heavy atom. The number of hydrogen-bond acceptors (Lipinski definition) is 4. The van der Waals surface area contributed by atoms with Crippen molar-refractivity contribution in [2.24, 2.45) is 5.10 Å². The summed E-state index contributed by atoms with van der Waals surface area (Å²) in [7, 11) is 0. The van der Waals surface area contributed by atoms with E-state index in [1.54, 1.807) is 12.4 Å². The van der Waals surface area contributed by atoms with Crippen molar-refractivity contribution in [1.29, 1.82) is 0 Å². The molecule has 0 fully saturated rings. The summed E-state index contributed by atoms with van der Waals surface area (Å²) in [5.74, 6) is 0.151. The summed E-state index contributed by atoms with van der Waals surface area (Å²) < 4.78 is 0. The number of aromatic nitrogens is 1. The summed E-state index contributed by atoms with van der Waals surface area (Å²) in [5.41, 5.74) is 5.59. The molecular formula is C19H17N3OS. The van der Waals surface area contributed by atoms with E-state index in [4.69, 9.17) is 0 Å². The van der Waals surface area contributed by atoms with E-state index in [2.05, 4.69) is 15.5 Å². The Hall–Kier alpha value is -2.66. The molecule has 3 rings (SSSR count). The predicted octanol–water partition coefficient (Wildman–Crippen LogP) is 3.79. The summed E-state index contributed by atoms with van der Waals surface area (Å²) in [6, 6.07) is 17.8. The van der Waals surface area contributed by atoms with Crippen LogP contribution in [-0.4, -0.2) is 22.9 Å². The highest BCUT2D eigenvalue weighted by molar-refractivity contribution is 8.00. The first-order valence-corrected chi connectivity index (χ1v) is 8.56. The van der Waals surface area contributed by atoms with Crippen molar-refractivity contribution < 1.29 is 4.79 Å². The molecule has 1 amide bonds. The fourth-order valence-corrected chi connectivity index (χ4v) is 3.13. The molecule has 0 saturated heterocycles. The summed E-state index contributed by atoms with van der Waals surface area (Å²) in [6.07, 6.45) is 3.41. The van der Waals surface area contributed by atoms with Gasteiger partial charge in [-0.15, -0.1) is 11.8 Å².